The zero-order valence-electron chi connectivity index (χ0n) is 13.8. The van der Waals surface area contributed by atoms with Gasteiger partial charge in [0, 0.05) is 25.8 Å². The second-order valence-electron chi connectivity index (χ2n) is 6.15. The Morgan fingerprint density at radius 3 is 2.54 bits per heavy atom. The average molecular weight is 342 g/mol. The fourth-order valence-corrected chi connectivity index (χ4v) is 3.42. The minimum atomic E-state index is -3.29. The molecule has 124 valence electrons. The summed E-state index contributed by atoms with van der Waals surface area (Å²) in [5.74, 6) is -0.0547. The summed E-state index contributed by atoms with van der Waals surface area (Å²) in [6, 6.07) is 7.02. The van der Waals surface area contributed by atoms with Crippen LogP contribution in [-0.2, 0) is 22.7 Å². The maximum absolute atomic E-state index is 11.6. The summed E-state index contributed by atoms with van der Waals surface area (Å²) in [6.07, 6.45) is 4.17. The molecule has 0 N–H and O–H groups in total. The molecule has 5 nitrogen and oxygen atoms in total. The van der Waals surface area contributed by atoms with Gasteiger partial charge in [-0.05, 0) is 42.2 Å². The first-order valence-corrected chi connectivity index (χ1v) is 9.49. The molecule has 0 radical (unpaired) electrons. The minimum absolute atomic E-state index is 0.0547. The standard InChI is InChI=1S/C18H18N2O3S/c1-11-8-14-5-6-16(12(2)21)20-18(14)15(11)9-13-4-7-17(19-10-13)24(3,22)23/h4-7,10H,8-9H2,1-3H3. The van der Waals surface area contributed by atoms with Crippen LogP contribution in [0.15, 0.2) is 41.1 Å². The Morgan fingerprint density at radius 2 is 1.96 bits per heavy atom. The predicted octanol–water partition coefficient (Wildman–Crippen LogP) is 2.66. The number of ketones is 1. The second kappa shape index (κ2) is 5.94. The number of aromatic nitrogens is 2. The van der Waals surface area contributed by atoms with Crippen molar-refractivity contribution in [3.63, 3.8) is 0 Å². The van der Waals surface area contributed by atoms with Crippen molar-refractivity contribution in [2.75, 3.05) is 6.26 Å². The molecule has 0 saturated carbocycles. The third kappa shape index (κ3) is 3.14. The first-order chi connectivity index (χ1) is 11.3. The van der Waals surface area contributed by atoms with Crippen molar-refractivity contribution in [2.45, 2.75) is 31.7 Å². The maximum Gasteiger partial charge on any atom is 0.192 e. The van der Waals surface area contributed by atoms with Crippen molar-refractivity contribution in [1.29, 1.82) is 0 Å². The molecule has 6 heteroatoms. The highest BCUT2D eigenvalue weighted by Crippen LogP contribution is 2.33. The molecule has 0 spiro atoms. The quantitative estimate of drug-likeness (QED) is 0.798. The first-order valence-electron chi connectivity index (χ1n) is 7.60. The summed E-state index contributed by atoms with van der Waals surface area (Å²) in [5.41, 5.74) is 5.67. The van der Waals surface area contributed by atoms with E-state index in [1.807, 2.05) is 6.07 Å². The maximum atomic E-state index is 11.6. The van der Waals surface area contributed by atoms with Gasteiger partial charge >= 0.3 is 0 Å². The normalized spacial score (nSPS) is 14.0. The molecule has 0 unspecified atom stereocenters. The Kier molecular flexibility index (Phi) is 4.09. The Morgan fingerprint density at radius 1 is 1.21 bits per heavy atom. The number of allylic oxidation sites excluding steroid dienone is 2. The lowest BCUT2D eigenvalue weighted by atomic mass is 10.0. The highest BCUT2D eigenvalue weighted by molar-refractivity contribution is 7.90. The van der Waals surface area contributed by atoms with Gasteiger partial charge in [-0.25, -0.2) is 18.4 Å². The lowest BCUT2D eigenvalue weighted by Gasteiger charge is -2.08. The Hall–Kier alpha value is -2.34. The van der Waals surface area contributed by atoms with Crippen LogP contribution >= 0.6 is 0 Å². The molecule has 1 aliphatic carbocycles. The first kappa shape index (κ1) is 16.5. The Balaban J connectivity index is 1.93. The van der Waals surface area contributed by atoms with Gasteiger partial charge in [-0.1, -0.05) is 17.7 Å². The SMILES string of the molecule is CC(=O)c1ccc2c(n1)C(Cc1ccc(S(C)(=O)=O)nc1)=C(C)C2. The number of sulfone groups is 1. The van der Waals surface area contributed by atoms with Crippen LogP contribution in [0.4, 0.5) is 0 Å². The van der Waals surface area contributed by atoms with Crippen LogP contribution in [0.1, 0.15) is 41.2 Å². The Labute approximate surface area is 141 Å². The number of hydrogen-bond donors (Lipinski definition) is 0. The monoisotopic (exact) mass is 342 g/mol. The third-order valence-electron chi connectivity index (χ3n) is 4.15. The van der Waals surface area contributed by atoms with Gasteiger partial charge in [0.1, 0.15) is 5.69 Å². The number of carbonyl (C=O) groups is 1. The average Bonchev–Trinajstić information content (AvgIpc) is 2.82. The number of hydrogen-bond acceptors (Lipinski definition) is 5. The lowest BCUT2D eigenvalue weighted by Crippen LogP contribution is -2.03. The van der Waals surface area contributed by atoms with Gasteiger partial charge in [0.05, 0.1) is 5.69 Å². The zero-order valence-corrected chi connectivity index (χ0v) is 14.6. The highest BCUT2D eigenvalue weighted by Gasteiger charge is 2.22. The van der Waals surface area contributed by atoms with Gasteiger partial charge in [-0.2, -0.15) is 0 Å². The van der Waals surface area contributed by atoms with Crippen molar-refractivity contribution in [3.8, 4) is 0 Å². The number of fused-ring (bicyclic) bond motifs is 1. The molecular formula is C18H18N2O3S. The van der Waals surface area contributed by atoms with E-state index in [9.17, 15) is 13.2 Å². The van der Waals surface area contributed by atoms with Crippen LogP contribution in [0.2, 0.25) is 0 Å². The van der Waals surface area contributed by atoms with E-state index in [4.69, 9.17) is 0 Å². The topological polar surface area (TPSA) is 77.0 Å². The molecule has 24 heavy (non-hydrogen) atoms. The molecule has 0 aliphatic heterocycles. The summed E-state index contributed by atoms with van der Waals surface area (Å²) in [5, 5.41) is 0.0702. The van der Waals surface area contributed by atoms with Crippen LogP contribution in [-0.4, -0.2) is 30.4 Å². The largest absolute Gasteiger partial charge is 0.293 e. The van der Waals surface area contributed by atoms with E-state index in [0.717, 1.165) is 35.1 Å². The molecule has 2 heterocycles. The van der Waals surface area contributed by atoms with Crippen molar-refractivity contribution >= 4 is 21.2 Å². The van der Waals surface area contributed by atoms with E-state index in [-0.39, 0.29) is 10.8 Å². The molecule has 2 aromatic rings. The summed E-state index contributed by atoms with van der Waals surface area (Å²) in [7, 11) is -3.29. The molecule has 0 fully saturated rings. The summed E-state index contributed by atoms with van der Waals surface area (Å²) in [4.78, 5) is 20.1. The van der Waals surface area contributed by atoms with E-state index in [1.54, 1.807) is 18.3 Å². The fraction of sp³-hybridized carbons (Fsp3) is 0.278. The smallest absolute Gasteiger partial charge is 0.192 e. The van der Waals surface area contributed by atoms with E-state index in [2.05, 4.69) is 16.9 Å². The van der Waals surface area contributed by atoms with Crippen LogP contribution in [0.5, 0.6) is 0 Å². The molecule has 1 aliphatic rings. The number of pyridine rings is 2. The molecule has 0 aromatic carbocycles. The number of rotatable bonds is 4. The predicted molar refractivity (Wildman–Crippen MR) is 91.6 cm³/mol. The molecule has 0 atom stereocenters. The lowest BCUT2D eigenvalue weighted by molar-refractivity contribution is 0.101. The van der Waals surface area contributed by atoms with Crippen LogP contribution in [0.25, 0.3) is 5.57 Å². The van der Waals surface area contributed by atoms with Crippen LogP contribution in [0, 0.1) is 0 Å². The third-order valence-corrected chi connectivity index (χ3v) is 5.16. The highest BCUT2D eigenvalue weighted by atomic mass is 32.2. The minimum Gasteiger partial charge on any atom is -0.293 e. The summed E-state index contributed by atoms with van der Waals surface area (Å²) < 4.78 is 23.0. The van der Waals surface area contributed by atoms with Crippen molar-refractivity contribution in [1.82, 2.24) is 9.97 Å². The Bertz CT molecular complexity index is 958. The molecule has 2 aromatic heterocycles. The van der Waals surface area contributed by atoms with Crippen molar-refractivity contribution < 1.29 is 13.2 Å². The number of nitrogens with zero attached hydrogens (tertiary/aromatic N) is 2. The fourth-order valence-electron chi connectivity index (χ4n) is 2.86. The van der Waals surface area contributed by atoms with Gasteiger partial charge in [0.15, 0.2) is 20.6 Å². The second-order valence-corrected chi connectivity index (χ2v) is 8.11. The summed E-state index contributed by atoms with van der Waals surface area (Å²) >= 11 is 0. The summed E-state index contributed by atoms with van der Waals surface area (Å²) in [6.45, 7) is 3.57. The van der Waals surface area contributed by atoms with E-state index in [1.165, 1.54) is 18.6 Å². The molecule has 3 rings (SSSR count). The van der Waals surface area contributed by atoms with E-state index in [0.29, 0.717) is 12.1 Å². The number of carbonyl (C=O) groups excluding carboxylic acids is 1. The number of Topliss-reactive ketones (excluding diaryl/α,β-unsaturated/α-hetero) is 1. The van der Waals surface area contributed by atoms with Gasteiger partial charge in [-0.3, -0.25) is 4.79 Å². The van der Waals surface area contributed by atoms with Crippen molar-refractivity contribution in [3.05, 3.63) is 58.6 Å². The molecule has 0 saturated heterocycles. The van der Waals surface area contributed by atoms with E-state index >= 15 is 0 Å². The van der Waals surface area contributed by atoms with Gasteiger partial charge < -0.3 is 0 Å². The van der Waals surface area contributed by atoms with Gasteiger partial charge in [0.2, 0.25) is 0 Å². The van der Waals surface area contributed by atoms with Gasteiger partial charge in [-0.15, -0.1) is 0 Å². The van der Waals surface area contributed by atoms with Crippen molar-refractivity contribution in [2.24, 2.45) is 0 Å². The molecule has 0 bridgehead atoms. The zero-order chi connectivity index (χ0) is 17.5. The van der Waals surface area contributed by atoms with Crippen LogP contribution < -0.4 is 0 Å². The van der Waals surface area contributed by atoms with Gasteiger partial charge in [0.25, 0.3) is 0 Å². The molecule has 0 amide bonds. The molecular weight excluding hydrogens is 324 g/mol. The van der Waals surface area contributed by atoms with E-state index < -0.39 is 9.84 Å². The van der Waals surface area contributed by atoms with Crippen LogP contribution in [0.3, 0.4) is 0 Å².